The van der Waals surface area contributed by atoms with Crippen LogP contribution in [0.5, 0.6) is 0 Å². The molecule has 2 heterocycles. The number of rotatable bonds is 7. The van der Waals surface area contributed by atoms with Crippen LogP contribution in [0.4, 0.5) is 5.69 Å². The van der Waals surface area contributed by atoms with Crippen molar-refractivity contribution >= 4 is 37.2 Å². The molecule has 57 heavy (non-hydrogen) atoms. The van der Waals surface area contributed by atoms with E-state index in [-0.39, 0.29) is 0 Å². The van der Waals surface area contributed by atoms with Crippen molar-refractivity contribution in [1.29, 1.82) is 0 Å². The van der Waals surface area contributed by atoms with Crippen LogP contribution in [0.25, 0.3) is 104 Å². The second-order valence-corrected chi connectivity index (χ2v) is 14.9. The molecule has 0 atom stereocenters. The van der Waals surface area contributed by atoms with Crippen LogP contribution in [-0.2, 0) is 0 Å². The maximum absolute atomic E-state index is 7.55. The molecule has 0 fully saturated rings. The summed E-state index contributed by atoms with van der Waals surface area (Å²) in [6.07, 6.45) is 0. The zero-order chi connectivity index (χ0) is 38.1. The van der Waals surface area contributed by atoms with Crippen molar-refractivity contribution in [3.63, 3.8) is 0 Å². The maximum Gasteiger partial charge on any atom is 0.187 e. The predicted molar refractivity (Wildman–Crippen MR) is 237 cm³/mol. The van der Waals surface area contributed by atoms with Gasteiger partial charge in [-0.3, -0.25) is 0 Å². The van der Waals surface area contributed by atoms with Crippen molar-refractivity contribution in [2.24, 2.45) is 0 Å². The third-order valence-electron chi connectivity index (χ3n) is 10.4. The Bertz CT molecular complexity index is 3040. The highest BCUT2D eigenvalue weighted by atomic mass is 32.1. The van der Waals surface area contributed by atoms with Crippen molar-refractivity contribution in [3.8, 4) is 78.7 Å². The van der Waals surface area contributed by atoms with E-state index >= 15 is 0 Å². The fourth-order valence-electron chi connectivity index (χ4n) is 7.56. The maximum atomic E-state index is 7.55. The van der Waals surface area contributed by atoms with E-state index in [1.807, 2.05) is 84.1 Å². The van der Waals surface area contributed by atoms with Gasteiger partial charge in [-0.25, -0.2) is 19.8 Å². The van der Waals surface area contributed by atoms with Gasteiger partial charge in [0.1, 0.15) is 0 Å². The molecule has 8 aromatic carbocycles. The molecular formula is C52H32N4S. The fourth-order valence-corrected chi connectivity index (χ4v) is 8.94. The van der Waals surface area contributed by atoms with Crippen LogP contribution in [0.2, 0.25) is 0 Å². The van der Waals surface area contributed by atoms with E-state index in [4.69, 9.17) is 21.5 Å². The Labute approximate surface area is 334 Å². The zero-order valence-electron chi connectivity index (χ0n) is 30.7. The molecule has 0 N–H and O–H groups in total. The Morgan fingerprint density at radius 2 is 0.842 bits per heavy atom. The van der Waals surface area contributed by atoms with Crippen LogP contribution in [-0.4, -0.2) is 15.0 Å². The molecule has 0 aliphatic heterocycles. The summed E-state index contributed by atoms with van der Waals surface area (Å²) in [5.41, 5.74) is 12.5. The number of hydrogen-bond acceptors (Lipinski definition) is 4. The number of nitrogens with zero attached hydrogens (tertiary/aromatic N) is 4. The largest absolute Gasteiger partial charge is 0.238 e. The Kier molecular flexibility index (Phi) is 8.72. The average molecular weight is 745 g/mol. The first kappa shape index (κ1) is 34.0. The average Bonchev–Trinajstić information content (AvgIpc) is 3.69. The highest BCUT2D eigenvalue weighted by Gasteiger charge is 2.21. The molecule has 0 aliphatic rings. The standard InChI is InChI=1S/C52H32N4S/c1-53-42-27-25-36(26-28-42)44-30-29-43(47-46-33-41(34-15-6-2-7-16-34)32-45(48(46)57-49(44)47)35-17-8-3-9-18-35)39-23-14-24-40(31-39)52-55-50(37-19-10-4-11-20-37)54-51(56-52)38-21-12-5-13-22-38/h2-33H. The van der Waals surface area contributed by atoms with Gasteiger partial charge in [-0.1, -0.05) is 176 Å². The molecule has 0 spiro atoms. The van der Waals surface area contributed by atoms with Gasteiger partial charge in [0.2, 0.25) is 0 Å². The number of hydrogen-bond donors (Lipinski definition) is 0. The molecule has 0 saturated heterocycles. The molecular weight excluding hydrogens is 713 g/mol. The van der Waals surface area contributed by atoms with Gasteiger partial charge in [0.25, 0.3) is 0 Å². The van der Waals surface area contributed by atoms with E-state index in [1.165, 1.54) is 42.4 Å². The number of thiophene rings is 1. The lowest BCUT2D eigenvalue weighted by Gasteiger charge is -2.13. The molecule has 4 nitrogen and oxygen atoms in total. The summed E-state index contributed by atoms with van der Waals surface area (Å²) in [7, 11) is 0. The highest BCUT2D eigenvalue weighted by Crippen LogP contribution is 2.49. The number of aromatic nitrogens is 3. The first-order valence-corrected chi connectivity index (χ1v) is 19.6. The summed E-state index contributed by atoms with van der Waals surface area (Å²) < 4.78 is 2.43. The molecule has 0 unspecified atom stereocenters. The third-order valence-corrected chi connectivity index (χ3v) is 11.6. The first-order chi connectivity index (χ1) is 28.2. The molecule has 10 aromatic rings. The zero-order valence-corrected chi connectivity index (χ0v) is 31.5. The minimum absolute atomic E-state index is 0.616. The summed E-state index contributed by atoms with van der Waals surface area (Å²) in [6, 6.07) is 67.2. The van der Waals surface area contributed by atoms with Gasteiger partial charge < -0.3 is 0 Å². The summed E-state index contributed by atoms with van der Waals surface area (Å²) in [5, 5.41) is 2.40. The minimum atomic E-state index is 0.616. The Balaban J connectivity index is 1.23. The number of benzene rings is 8. The van der Waals surface area contributed by atoms with Gasteiger partial charge in [0.05, 0.1) is 6.57 Å². The van der Waals surface area contributed by atoms with Crippen LogP contribution in [0.15, 0.2) is 194 Å². The van der Waals surface area contributed by atoms with Crippen LogP contribution in [0.1, 0.15) is 0 Å². The van der Waals surface area contributed by atoms with E-state index in [9.17, 15) is 0 Å². The Hall–Kier alpha value is -7.52. The summed E-state index contributed by atoms with van der Waals surface area (Å²) in [5.74, 6) is 1.88. The van der Waals surface area contributed by atoms with Gasteiger partial charge in [0, 0.05) is 42.4 Å². The van der Waals surface area contributed by atoms with Gasteiger partial charge in [-0.05, 0) is 57.1 Å². The molecule has 5 heteroatoms. The van der Waals surface area contributed by atoms with E-state index < -0.39 is 0 Å². The molecule has 0 bridgehead atoms. The first-order valence-electron chi connectivity index (χ1n) is 18.8. The lowest BCUT2D eigenvalue weighted by molar-refractivity contribution is 1.07. The smallest absolute Gasteiger partial charge is 0.187 e. The summed E-state index contributed by atoms with van der Waals surface area (Å²) in [6.45, 7) is 7.55. The Morgan fingerprint density at radius 1 is 0.351 bits per heavy atom. The third kappa shape index (κ3) is 6.44. The van der Waals surface area contributed by atoms with Crippen LogP contribution >= 0.6 is 11.3 Å². The van der Waals surface area contributed by atoms with Crippen molar-refractivity contribution in [2.75, 3.05) is 0 Å². The molecule has 0 aliphatic carbocycles. The Morgan fingerprint density at radius 3 is 1.44 bits per heavy atom. The normalized spacial score (nSPS) is 11.1. The van der Waals surface area contributed by atoms with Gasteiger partial charge >= 0.3 is 0 Å². The monoisotopic (exact) mass is 744 g/mol. The number of fused-ring (bicyclic) bond motifs is 3. The van der Waals surface area contributed by atoms with Crippen molar-refractivity contribution < 1.29 is 0 Å². The van der Waals surface area contributed by atoms with Crippen molar-refractivity contribution in [2.45, 2.75) is 0 Å². The molecule has 2 aromatic heterocycles. The molecule has 0 saturated carbocycles. The van der Waals surface area contributed by atoms with Crippen LogP contribution in [0, 0.1) is 6.57 Å². The van der Waals surface area contributed by atoms with E-state index in [0.29, 0.717) is 23.2 Å². The second kappa shape index (κ2) is 14.6. The van der Waals surface area contributed by atoms with E-state index in [0.717, 1.165) is 38.9 Å². The van der Waals surface area contributed by atoms with E-state index in [2.05, 4.69) is 126 Å². The van der Waals surface area contributed by atoms with Crippen LogP contribution < -0.4 is 0 Å². The lowest BCUT2D eigenvalue weighted by atomic mass is 9.91. The lowest BCUT2D eigenvalue weighted by Crippen LogP contribution is -2.00. The quantitative estimate of drug-likeness (QED) is 0.153. The molecule has 0 amide bonds. The highest BCUT2D eigenvalue weighted by molar-refractivity contribution is 7.27. The van der Waals surface area contributed by atoms with E-state index in [1.54, 1.807) is 0 Å². The second-order valence-electron chi connectivity index (χ2n) is 13.9. The van der Waals surface area contributed by atoms with Crippen LogP contribution in [0.3, 0.4) is 0 Å². The molecule has 266 valence electrons. The SMILES string of the molecule is [C-]#[N+]c1ccc(-c2ccc(-c3cccc(-c4nc(-c5ccccc5)nc(-c5ccccc5)n4)c3)c3c2sc2c(-c4ccccc4)cc(-c4ccccc4)cc23)cc1. The van der Waals surface area contributed by atoms with Gasteiger partial charge in [0.15, 0.2) is 23.2 Å². The van der Waals surface area contributed by atoms with Gasteiger partial charge in [-0.15, -0.1) is 11.3 Å². The van der Waals surface area contributed by atoms with Gasteiger partial charge in [-0.2, -0.15) is 0 Å². The minimum Gasteiger partial charge on any atom is -0.238 e. The summed E-state index contributed by atoms with van der Waals surface area (Å²) in [4.78, 5) is 18.7. The topological polar surface area (TPSA) is 43.0 Å². The predicted octanol–water partition coefficient (Wildman–Crippen LogP) is 14.5. The fraction of sp³-hybridized carbons (Fsp3) is 0. The molecule has 0 radical (unpaired) electrons. The van der Waals surface area contributed by atoms with Crippen molar-refractivity contribution in [1.82, 2.24) is 15.0 Å². The summed E-state index contributed by atoms with van der Waals surface area (Å²) >= 11 is 1.83. The van der Waals surface area contributed by atoms with Crippen molar-refractivity contribution in [3.05, 3.63) is 206 Å². The molecule has 10 rings (SSSR count).